The highest BCUT2D eigenvalue weighted by molar-refractivity contribution is 5.66. The summed E-state index contributed by atoms with van der Waals surface area (Å²) >= 11 is 0. The third-order valence-electron chi connectivity index (χ3n) is 2.19. The van der Waals surface area contributed by atoms with E-state index in [4.69, 9.17) is 5.11 Å². The number of hydrogen-bond acceptors (Lipinski definition) is 4. The van der Waals surface area contributed by atoms with Crippen LogP contribution in [0.15, 0.2) is 18.6 Å². The molecule has 0 fully saturated rings. The molecule has 16 heavy (non-hydrogen) atoms. The Morgan fingerprint density at radius 3 is 2.75 bits per heavy atom. The Balaban J connectivity index is 1.94. The summed E-state index contributed by atoms with van der Waals surface area (Å²) in [5.74, 6) is 0.0747. The average molecular weight is 223 g/mol. The maximum absolute atomic E-state index is 10.2. The molecule has 0 radical (unpaired) electrons. The Bertz CT molecular complexity index is 303. The Hall–Kier alpha value is -1.65. The third kappa shape index (κ3) is 5.95. The molecule has 88 valence electrons. The smallest absolute Gasteiger partial charge is 0.303 e. The van der Waals surface area contributed by atoms with Crippen LogP contribution in [-0.2, 0) is 4.79 Å². The fourth-order valence-corrected chi connectivity index (χ4v) is 1.36. The summed E-state index contributed by atoms with van der Waals surface area (Å²) in [5, 5.41) is 11.6. The molecule has 0 unspecified atom stereocenters. The van der Waals surface area contributed by atoms with Crippen LogP contribution in [0, 0.1) is 0 Å². The highest BCUT2D eigenvalue weighted by Crippen LogP contribution is 2.04. The van der Waals surface area contributed by atoms with Gasteiger partial charge in [0.2, 0.25) is 0 Å². The van der Waals surface area contributed by atoms with Gasteiger partial charge in [0.05, 0.1) is 6.20 Å². The molecular weight excluding hydrogens is 206 g/mol. The van der Waals surface area contributed by atoms with Gasteiger partial charge in [-0.3, -0.25) is 9.78 Å². The Morgan fingerprint density at radius 2 is 2.06 bits per heavy atom. The van der Waals surface area contributed by atoms with Gasteiger partial charge in [-0.2, -0.15) is 0 Å². The lowest BCUT2D eigenvalue weighted by Gasteiger charge is -2.03. The predicted molar refractivity (Wildman–Crippen MR) is 61.2 cm³/mol. The van der Waals surface area contributed by atoms with Crippen LogP contribution in [0.1, 0.15) is 32.1 Å². The lowest BCUT2D eigenvalue weighted by Crippen LogP contribution is -2.03. The molecule has 0 saturated heterocycles. The molecule has 0 amide bonds. The summed E-state index contributed by atoms with van der Waals surface area (Å²) in [6.45, 7) is 0.853. The number of hydrogen-bond donors (Lipinski definition) is 2. The van der Waals surface area contributed by atoms with Crippen LogP contribution in [0.5, 0.6) is 0 Å². The van der Waals surface area contributed by atoms with Crippen molar-refractivity contribution in [2.24, 2.45) is 0 Å². The Labute approximate surface area is 94.9 Å². The molecule has 0 aromatic carbocycles. The van der Waals surface area contributed by atoms with Gasteiger partial charge in [0.15, 0.2) is 0 Å². The summed E-state index contributed by atoms with van der Waals surface area (Å²) in [4.78, 5) is 18.3. The molecule has 1 rings (SSSR count). The van der Waals surface area contributed by atoms with Crippen molar-refractivity contribution in [1.82, 2.24) is 9.97 Å². The maximum atomic E-state index is 10.2. The van der Waals surface area contributed by atoms with Gasteiger partial charge in [-0.1, -0.05) is 12.8 Å². The second-order valence-electron chi connectivity index (χ2n) is 3.58. The minimum atomic E-state index is -0.710. The molecular formula is C11H17N3O2. The highest BCUT2D eigenvalue weighted by Gasteiger charge is 1.96. The number of carboxylic acids is 1. The van der Waals surface area contributed by atoms with E-state index >= 15 is 0 Å². The van der Waals surface area contributed by atoms with Gasteiger partial charge in [0, 0.05) is 25.4 Å². The molecule has 1 aromatic heterocycles. The topological polar surface area (TPSA) is 75.1 Å². The normalized spacial score (nSPS) is 10.0. The third-order valence-corrected chi connectivity index (χ3v) is 2.19. The van der Waals surface area contributed by atoms with Crippen LogP contribution >= 0.6 is 0 Å². The van der Waals surface area contributed by atoms with Gasteiger partial charge in [0.1, 0.15) is 5.82 Å². The van der Waals surface area contributed by atoms with Crippen molar-refractivity contribution in [3.05, 3.63) is 18.6 Å². The first-order valence-corrected chi connectivity index (χ1v) is 5.51. The van der Waals surface area contributed by atoms with Gasteiger partial charge in [-0.05, 0) is 12.8 Å². The first-order valence-electron chi connectivity index (χ1n) is 5.51. The number of nitrogens with one attached hydrogen (secondary N) is 1. The van der Waals surface area contributed by atoms with E-state index in [1.54, 1.807) is 18.6 Å². The molecule has 1 aromatic rings. The first kappa shape index (κ1) is 12.4. The molecule has 0 atom stereocenters. The predicted octanol–water partition coefficient (Wildman–Crippen LogP) is 1.92. The molecule has 2 N–H and O–H groups in total. The molecule has 0 bridgehead atoms. The Kier molecular flexibility index (Phi) is 5.91. The monoisotopic (exact) mass is 223 g/mol. The van der Waals surface area contributed by atoms with Gasteiger partial charge in [0.25, 0.3) is 0 Å². The summed E-state index contributed by atoms with van der Waals surface area (Å²) in [5.41, 5.74) is 0. The first-order chi connectivity index (χ1) is 7.79. The van der Waals surface area contributed by atoms with E-state index in [1.165, 1.54) is 0 Å². The Morgan fingerprint density at radius 1 is 1.25 bits per heavy atom. The second kappa shape index (κ2) is 7.62. The number of aromatic nitrogens is 2. The van der Waals surface area contributed by atoms with Crippen molar-refractivity contribution in [3.63, 3.8) is 0 Å². The van der Waals surface area contributed by atoms with Crippen molar-refractivity contribution >= 4 is 11.8 Å². The molecule has 5 nitrogen and oxygen atoms in total. The van der Waals surface area contributed by atoms with Crippen LogP contribution in [0.4, 0.5) is 5.82 Å². The number of carbonyl (C=O) groups is 1. The van der Waals surface area contributed by atoms with E-state index in [2.05, 4.69) is 15.3 Å². The zero-order valence-corrected chi connectivity index (χ0v) is 9.22. The number of rotatable bonds is 8. The van der Waals surface area contributed by atoms with Crippen LogP contribution in [0.2, 0.25) is 0 Å². The summed E-state index contributed by atoms with van der Waals surface area (Å²) in [6.07, 6.45) is 9.04. The average Bonchev–Trinajstić information content (AvgIpc) is 2.29. The van der Waals surface area contributed by atoms with Crippen LogP contribution in [0.3, 0.4) is 0 Å². The van der Waals surface area contributed by atoms with Crippen LogP contribution < -0.4 is 5.32 Å². The minimum Gasteiger partial charge on any atom is -0.481 e. The summed E-state index contributed by atoms with van der Waals surface area (Å²) in [7, 11) is 0. The van der Waals surface area contributed by atoms with Crippen molar-refractivity contribution < 1.29 is 9.90 Å². The van der Waals surface area contributed by atoms with Gasteiger partial charge in [-0.15, -0.1) is 0 Å². The highest BCUT2D eigenvalue weighted by atomic mass is 16.4. The van der Waals surface area contributed by atoms with E-state index in [0.717, 1.165) is 38.0 Å². The molecule has 0 aliphatic rings. The summed E-state index contributed by atoms with van der Waals surface area (Å²) < 4.78 is 0. The largest absolute Gasteiger partial charge is 0.481 e. The molecule has 0 aliphatic carbocycles. The van der Waals surface area contributed by atoms with Gasteiger partial charge < -0.3 is 10.4 Å². The van der Waals surface area contributed by atoms with E-state index < -0.39 is 5.97 Å². The molecule has 5 heteroatoms. The number of nitrogens with zero attached hydrogens (tertiary/aromatic N) is 2. The lowest BCUT2D eigenvalue weighted by atomic mass is 10.1. The number of anilines is 1. The quantitative estimate of drug-likeness (QED) is 0.658. The minimum absolute atomic E-state index is 0.275. The van der Waals surface area contributed by atoms with Crippen molar-refractivity contribution in [1.29, 1.82) is 0 Å². The zero-order valence-electron chi connectivity index (χ0n) is 9.22. The van der Waals surface area contributed by atoms with Crippen molar-refractivity contribution in [3.8, 4) is 0 Å². The lowest BCUT2D eigenvalue weighted by molar-refractivity contribution is -0.137. The van der Waals surface area contributed by atoms with E-state index in [9.17, 15) is 4.79 Å². The zero-order chi connectivity index (χ0) is 11.6. The van der Waals surface area contributed by atoms with E-state index in [-0.39, 0.29) is 6.42 Å². The summed E-state index contributed by atoms with van der Waals surface area (Å²) in [6, 6.07) is 0. The molecule has 0 aliphatic heterocycles. The molecule has 0 spiro atoms. The number of carboxylic acid groups (broad SMARTS) is 1. The van der Waals surface area contributed by atoms with Gasteiger partial charge in [-0.25, -0.2) is 4.98 Å². The van der Waals surface area contributed by atoms with Crippen molar-refractivity contribution in [2.45, 2.75) is 32.1 Å². The molecule has 1 heterocycles. The number of unbranched alkanes of at least 4 members (excludes halogenated alkanes) is 3. The van der Waals surface area contributed by atoms with Crippen LogP contribution in [0.25, 0.3) is 0 Å². The van der Waals surface area contributed by atoms with Gasteiger partial charge >= 0.3 is 5.97 Å². The van der Waals surface area contributed by atoms with Crippen molar-refractivity contribution in [2.75, 3.05) is 11.9 Å². The maximum Gasteiger partial charge on any atom is 0.303 e. The van der Waals surface area contributed by atoms with Crippen LogP contribution in [-0.4, -0.2) is 27.6 Å². The number of aliphatic carboxylic acids is 1. The fourth-order valence-electron chi connectivity index (χ4n) is 1.36. The fraction of sp³-hybridized carbons (Fsp3) is 0.545. The SMILES string of the molecule is O=C(O)CCCCCCNc1cnccn1. The standard InChI is InChI=1S/C11H17N3O2/c15-11(16)5-3-1-2-4-6-13-10-9-12-7-8-14-10/h7-9H,1-6H2,(H,13,14)(H,15,16). The molecule has 0 saturated carbocycles. The van der Waals surface area contributed by atoms with E-state index in [0.29, 0.717) is 0 Å². The second-order valence-corrected chi connectivity index (χ2v) is 3.58. The van der Waals surface area contributed by atoms with E-state index in [1.807, 2.05) is 0 Å².